The van der Waals surface area contributed by atoms with Gasteiger partial charge in [0.05, 0.1) is 17.1 Å². The number of hydrogen-bond acceptors (Lipinski definition) is 6. The fourth-order valence-electron chi connectivity index (χ4n) is 4.32. The molecule has 1 aromatic heterocycles. The molecule has 0 N–H and O–H groups in total. The van der Waals surface area contributed by atoms with Gasteiger partial charge in [-0.05, 0) is 44.0 Å². The highest BCUT2D eigenvalue weighted by molar-refractivity contribution is 8.26. The summed E-state index contributed by atoms with van der Waals surface area (Å²) in [7, 11) is 0. The summed E-state index contributed by atoms with van der Waals surface area (Å²) in [6, 6.07) is 5.40. The minimum Gasteiger partial charge on any atom is -0.462 e. The van der Waals surface area contributed by atoms with Crippen molar-refractivity contribution in [2.45, 2.75) is 57.9 Å². The fourth-order valence-corrected chi connectivity index (χ4v) is 5.71. The van der Waals surface area contributed by atoms with E-state index in [1.807, 2.05) is 0 Å². The minimum absolute atomic E-state index is 0.00809. The molecular weight excluding hydrogens is 480 g/mol. The van der Waals surface area contributed by atoms with E-state index in [0.717, 1.165) is 31.7 Å². The summed E-state index contributed by atoms with van der Waals surface area (Å²) >= 11 is 6.74. The number of esters is 1. The molecule has 2 heterocycles. The van der Waals surface area contributed by atoms with Crippen LogP contribution in [0.1, 0.15) is 68.0 Å². The second kappa shape index (κ2) is 10.8. The van der Waals surface area contributed by atoms with Gasteiger partial charge in [0.2, 0.25) is 0 Å². The first-order valence-corrected chi connectivity index (χ1v) is 12.7. The van der Waals surface area contributed by atoms with Crippen LogP contribution < -0.4 is 0 Å². The van der Waals surface area contributed by atoms with Gasteiger partial charge >= 0.3 is 5.97 Å². The number of nitrogens with zero attached hydrogens (tertiary/aromatic N) is 1. The molecule has 0 bridgehead atoms. The van der Waals surface area contributed by atoms with Crippen LogP contribution in [0, 0.1) is 11.6 Å². The van der Waals surface area contributed by atoms with Crippen molar-refractivity contribution in [1.82, 2.24) is 4.90 Å². The molecule has 1 aliphatic carbocycles. The van der Waals surface area contributed by atoms with Crippen molar-refractivity contribution in [2.24, 2.45) is 0 Å². The molecule has 2 fully saturated rings. The van der Waals surface area contributed by atoms with Gasteiger partial charge in [-0.3, -0.25) is 9.69 Å². The van der Waals surface area contributed by atoms with E-state index in [4.69, 9.17) is 21.4 Å². The van der Waals surface area contributed by atoms with Crippen LogP contribution in [0.4, 0.5) is 8.78 Å². The molecule has 4 rings (SSSR count). The van der Waals surface area contributed by atoms with Crippen LogP contribution in [0.25, 0.3) is 17.4 Å². The third kappa shape index (κ3) is 5.10. The summed E-state index contributed by atoms with van der Waals surface area (Å²) in [5.41, 5.74) is -0.844. The molecular formula is C25H25F2NO4S2. The number of ether oxygens (including phenoxy) is 1. The van der Waals surface area contributed by atoms with Crippen LogP contribution in [0.15, 0.2) is 33.6 Å². The second-order valence-corrected chi connectivity index (χ2v) is 9.93. The fraction of sp³-hybridized carbons (Fsp3) is 0.400. The number of halogens is 2. The number of benzene rings is 1. The van der Waals surface area contributed by atoms with Crippen molar-refractivity contribution in [2.75, 3.05) is 6.61 Å². The summed E-state index contributed by atoms with van der Waals surface area (Å²) in [6.45, 7) is 1.54. The van der Waals surface area contributed by atoms with Crippen molar-refractivity contribution in [3.8, 4) is 11.3 Å². The van der Waals surface area contributed by atoms with Crippen molar-refractivity contribution >= 4 is 46.3 Å². The van der Waals surface area contributed by atoms with Gasteiger partial charge in [-0.1, -0.05) is 56.1 Å². The third-order valence-electron chi connectivity index (χ3n) is 6.00. The zero-order chi connectivity index (χ0) is 24.2. The predicted octanol–water partition coefficient (Wildman–Crippen LogP) is 6.72. The highest BCUT2D eigenvalue weighted by atomic mass is 32.2. The summed E-state index contributed by atoms with van der Waals surface area (Å²) in [4.78, 5) is 27.3. The monoisotopic (exact) mass is 505 g/mol. The van der Waals surface area contributed by atoms with Crippen LogP contribution in [0.3, 0.4) is 0 Å². The first-order chi connectivity index (χ1) is 16.4. The van der Waals surface area contributed by atoms with Crippen LogP contribution in [-0.2, 0) is 9.53 Å². The van der Waals surface area contributed by atoms with Crippen molar-refractivity contribution < 1.29 is 27.5 Å². The Morgan fingerprint density at radius 2 is 1.88 bits per heavy atom. The zero-order valence-corrected chi connectivity index (χ0v) is 20.4. The van der Waals surface area contributed by atoms with E-state index in [1.165, 1.54) is 43.2 Å². The number of carbonyl (C=O) groups is 2. The maximum Gasteiger partial charge on any atom is 0.344 e. The number of rotatable bonds is 5. The largest absolute Gasteiger partial charge is 0.462 e. The predicted molar refractivity (Wildman–Crippen MR) is 131 cm³/mol. The van der Waals surface area contributed by atoms with E-state index in [1.54, 1.807) is 24.0 Å². The topological polar surface area (TPSA) is 59.8 Å². The summed E-state index contributed by atoms with van der Waals surface area (Å²) in [6.07, 6.45) is 9.22. The maximum absolute atomic E-state index is 14.9. The SMILES string of the molecule is CCOC(=O)c1c(F)ccc(-c2ccc(/C=C3\SC(=S)N(C4CCCCCCC4)C3=O)o2)c1F. The molecule has 0 spiro atoms. The molecule has 180 valence electrons. The van der Waals surface area contributed by atoms with E-state index < -0.39 is 23.2 Å². The van der Waals surface area contributed by atoms with Crippen LogP contribution in [-0.4, -0.2) is 33.7 Å². The normalized spacial score (nSPS) is 18.9. The molecule has 2 aromatic rings. The number of amides is 1. The van der Waals surface area contributed by atoms with Crippen molar-refractivity contribution in [1.29, 1.82) is 0 Å². The van der Waals surface area contributed by atoms with E-state index in [0.29, 0.717) is 15.0 Å². The Hall–Kier alpha value is -2.52. The Morgan fingerprint density at radius 3 is 2.59 bits per heavy atom. The second-order valence-electron chi connectivity index (χ2n) is 8.26. The number of thiocarbonyl (C=S) groups is 1. The smallest absolute Gasteiger partial charge is 0.344 e. The van der Waals surface area contributed by atoms with Crippen molar-refractivity contribution in [3.63, 3.8) is 0 Å². The van der Waals surface area contributed by atoms with Gasteiger partial charge in [0.25, 0.3) is 5.91 Å². The van der Waals surface area contributed by atoms with Gasteiger partial charge in [-0.25, -0.2) is 13.6 Å². The molecule has 34 heavy (non-hydrogen) atoms. The average Bonchev–Trinajstić information content (AvgIpc) is 3.33. The molecule has 1 saturated carbocycles. The molecule has 1 aromatic carbocycles. The van der Waals surface area contributed by atoms with Gasteiger partial charge in [0.1, 0.15) is 27.2 Å². The van der Waals surface area contributed by atoms with Crippen LogP contribution >= 0.6 is 24.0 Å². The van der Waals surface area contributed by atoms with Gasteiger partial charge < -0.3 is 9.15 Å². The Kier molecular flexibility index (Phi) is 7.83. The number of carbonyl (C=O) groups excluding carboxylic acids is 2. The van der Waals surface area contributed by atoms with Crippen LogP contribution in [0.2, 0.25) is 0 Å². The Bertz CT molecular complexity index is 1140. The molecule has 1 saturated heterocycles. The lowest BCUT2D eigenvalue weighted by Crippen LogP contribution is -2.39. The molecule has 1 amide bonds. The standard InChI is InChI=1S/C25H25F2NO4S2/c1-2-31-24(30)21-18(26)12-11-17(22(21)27)19-13-10-16(32-19)14-20-23(29)28(25(33)34-20)15-8-6-4-3-5-7-9-15/h10-15H,2-9H2,1H3/b20-14-. The lowest BCUT2D eigenvalue weighted by Gasteiger charge is -2.28. The molecule has 0 atom stereocenters. The minimum atomic E-state index is -1.08. The summed E-state index contributed by atoms with van der Waals surface area (Å²) in [5, 5.41) is 0. The van der Waals surface area contributed by atoms with E-state index in [9.17, 15) is 18.4 Å². The van der Waals surface area contributed by atoms with E-state index >= 15 is 0 Å². The van der Waals surface area contributed by atoms with Crippen molar-refractivity contribution in [3.05, 3.63) is 52.1 Å². The maximum atomic E-state index is 14.9. The summed E-state index contributed by atoms with van der Waals surface area (Å²) < 4.78 is 40.0. The average molecular weight is 506 g/mol. The Balaban J connectivity index is 1.57. The molecule has 5 nitrogen and oxygen atoms in total. The zero-order valence-electron chi connectivity index (χ0n) is 18.8. The number of thioether (sulfide) groups is 1. The third-order valence-corrected chi connectivity index (χ3v) is 7.33. The quantitative estimate of drug-likeness (QED) is 0.256. The molecule has 9 heteroatoms. The Morgan fingerprint density at radius 1 is 1.18 bits per heavy atom. The number of furan rings is 1. The highest BCUT2D eigenvalue weighted by Gasteiger charge is 2.37. The van der Waals surface area contributed by atoms with Gasteiger partial charge in [0, 0.05) is 12.1 Å². The lowest BCUT2D eigenvalue weighted by atomic mass is 9.96. The first-order valence-electron chi connectivity index (χ1n) is 11.4. The first kappa shape index (κ1) is 24.6. The molecule has 0 unspecified atom stereocenters. The molecule has 0 radical (unpaired) electrons. The number of hydrogen-bond donors (Lipinski definition) is 0. The molecule has 2 aliphatic rings. The lowest BCUT2D eigenvalue weighted by molar-refractivity contribution is -0.123. The van der Waals surface area contributed by atoms with Gasteiger partial charge in [0.15, 0.2) is 5.82 Å². The van der Waals surface area contributed by atoms with Gasteiger partial charge in [-0.2, -0.15) is 0 Å². The molecule has 1 aliphatic heterocycles. The van der Waals surface area contributed by atoms with E-state index in [-0.39, 0.29) is 29.9 Å². The van der Waals surface area contributed by atoms with Crippen LogP contribution in [0.5, 0.6) is 0 Å². The van der Waals surface area contributed by atoms with E-state index in [2.05, 4.69) is 0 Å². The highest BCUT2D eigenvalue weighted by Crippen LogP contribution is 2.37. The summed E-state index contributed by atoms with van der Waals surface area (Å²) in [5.74, 6) is -2.86. The Labute approximate surface area is 206 Å². The van der Waals surface area contributed by atoms with Gasteiger partial charge in [-0.15, -0.1) is 0 Å².